The van der Waals surface area contributed by atoms with Gasteiger partial charge in [-0.05, 0) is 6.92 Å². The van der Waals surface area contributed by atoms with E-state index in [0.29, 0.717) is 0 Å². The van der Waals surface area contributed by atoms with Gasteiger partial charge in [-0.1, -0.05) is 0 Å². The molecule has 0 spiro atoms. The highest BCUT2D eigenvalue weighted by molar-refractivity contribution is 5.62. The molecule has 0 amide bonds. The molecule has 5 N–H and O–H groups in total. The molecule has 0 heterocycles. The first kappa shape index (κ1) is 18.2. The van der Waals surface area contributed by atoms with Crippen molar-refractivity contribution in [2.45, 2.75) is 20.0 Å². The minimum atomic E-state index is -0.833. The van der Waals surface area contributed by atoms with Crippen molar-refractivity contribution >= 4 is 5.97 Å². The van der Waals surface area contributed by atoms with E-state index in [1.807, 2.05) is 0 Å². The Labute approximate surface area is 77.1 Å². The van der Waals surface area contributed by atoms with Crippen LogP contribution in [0.3, 0.4) is 0 Å². The van der Waals surface area contributed by atoms with Gasteiger partial charge in [0.25, 0.3) is 5.97 Å². The summed E-state index contributed by atoms with van der Waals surface area (Å²) in [5, 5.41) is 38.7. The summed E-state index contributed by atoms with van der Waals surface area (Å²) in [4.78, 5) is 9.00. The number of carboxylic acid groups (broad SMARTS) is 1. The van der Waals surface area contributed by atoms with Crippen LogP contribution in [0.2, 0.25) is 0 Å². The number of aliphatic hydroxyl groups excluding tert-OH is 4. The van der Waals surface area contributed by atoms with Crippen LogP contribution in [0.5, 0.6) is 0 Å². The van der Waals surface area contributed by atoms with Crippen LogP contribution in [0.25, 0.3) is 0 Å². The Morgan fingerprint density at radius 1 is 1.23 bits per heavy atom. The van der Waals surface area contributed by atoms with Gasteiger partial charge in [0.2, 0.25) is 0 Å². The lowest BCUT2D eigenvalue weighted by molar-refractivity contribution is -0.134. The molecule has 0 radical (unpaired) electrons. The molecule has 0 aliphatic rings. The summed E-state index contributed by atoms with van der Waals surface area (Å²) in [5.41, 5.74) is 0. The first-order chi connectivity index (χ1) is 5.92. The highest BCUT2D eigenvalue weighted by atomic mass is 16.4. The van der Waals surface area contributed by atoms with Gasteiger partial charge in [0.15, 0.2) is 0 Å². The van der Waals surface area contributed by atoms with E-state index in [1.54, 1.807) is 0 Å². The van der Waals surface area contributed by atoms with Crippen LogP contribution < -0.4 is 0 Å². The number of hydrogen-bond acceptors (Lipinski definition) is 5. The van der Waals surface area contributed by atoms with E-state index in [0.717, 1.165) is 6.92 Å². The monoisotopic (exact) mass is 198 g/mol. The Morgan fingerprint density at radius 2 is 1.38 bits per heavy atom. The van der Waals surface area contributed by atoms with E-state index in [1.165, 1.54) is 6.92 Å². The lowest BCUT2D eigenvalue weighted by Gasteiger charge is -1.90. The van der Waals surface area contributed by atoms with E-state index >= 15 is 0 Å². The number of rotatable bonds is 2. The third-order valence-electron chi connectivity index (χ3n) is 0.364. The van der Waals surface area contributed by atoms with Crippen LogP contribution in [0, 0.1) is 0 Å². The summed E-state index contributed by atoms with van der Waals surface area (Å²) >= 11 is 0. The zero-order valence-corrected chi connectivity index (χ0v) is 7.84. The van der Waals surface area contributed by atoms with E-state index in [9.17, 15) is 0 Å². The molecule has 6 nitrogen and oxygen atoms in total. The van der Waals surface area contributed by atoms with Crippen LogP contribution >= 0.6 is 0 Å². The second-order valence-electron chi connectivity index (χ2n) is 2.00. The number of aliphatic hydroxyl groups is 4. The maximum atomic E-state index is 9.00. The Morgan fingerprint density at radius 3 is 1.38 bits per heavy atom. The fourth-order valence-electron chi connectivity index (χ4n) is 0. The fraction of sp³-hybridized carbons (Fsp3) is 0.857. The van der Waals surface area contributed by atoms with Crippen molar-refractivity contribution in [1.29, 1.82) is 0 Å². The van der Waals surface area contributed by atoms with Crippen LogP contribution in [-0.4, -0.2) is 57.4 Å². The Kier molecular flexibility index (Phi) is 24.3. The van der Waals surface area contributed by atoms with E-state index in [2.05, 4.69) is 0 Å². The Bertz CT molecular complexity index is 87.0. The molecule has 0 aliphatic heterocycles. The molecule has 0 fully saturated rings. The summed E-state index contributed by atoms with van der Waals surface area (Å²) in [5.74, 6) is -0.833. The van der Waals surface area contributed by atoms with Crippen LogP contribution in [-0.2, 0) is 4.79 Å². The zero-order valence-electron chi connectivity index (χ0n) is 7.84. The molecule has 82 valence electrons. The van der Waals surface area contributed by atoms with Crippen molar-refractivity contribution in [1.82, 2.24) is 0 Å². The molecule has 13 heavy (non-hydrogen) atoms. The third-order valence-corrected chi connectivity index (χ3v) is 0.364. The van der Waals surface area contributed by atoms with Gasteiger partial charge >= 0.3 is 0 Å². The SMILES string of the molecule is CC(=O)O.CC(O)CO.OCCO. The largest absolute Gasteiger partial charge is 0.481 e. The molecule has 0 aromatic rings. The van der Waals surface area contributed by atoms with E-state index < -0.39 is 12.1 Å². The third kappa shape index (κ3) is 184. The summed E-state index contributed by atoms with van der Waals surface area (Å²) in [6.45, 7) is 2.22. The fourth-order valence-corrected chi connectivity index (χ4v) is 0. The van der Waals surface area contributed by atoms with Gasteiger partial charge in [0.1, 0.15) is 0 Å². The summed E-state index contributed by atoms with van der Waals surface area (Å²) in [7, 11) is 0. The Balaban J connectivity index is -0.000000117. The van der Waals surface area contributed by atoms with Crippen LogP contribution in [0.15, 0.2) is 0 Å². The predicted molar refractivity (Wildman–Crippen MR) is 46.2 cm³/mol. The van der Waals surface area contributed by atoms with Crippen molar-refractivity contribution in [2.24, 2.45) is 0 Å². The molecular weight excluding hydrogens is 180 g/mol. The standard InChI is InChI=1S/C3H8O2.C2H4O2.C2H6O2/c1-3(5)2-4;1-2(3)4;3-1-2-4/h3-5H,2H2,1H3;1H3,(H,3,4);3-4H,1-2H2. The normalized spacial score (nSPS) is 10.0. The minimum absolute atomic E-state index is 0.125. The molecule has 0 aromatic heterocycles. The van der Waals surface area contributed by atoms with Crippen molar-refractivity contribution < 1.29 is 30.3 Å². The number of carboxylic acids is 1. The van der Waals surface area contributed by atoms with Gasteiger partial charge in [-0.15, -0.1) is 0 Å². The molecule has 0 aromatic carbocycles. The van der Waals surface area contributed by atoms with E-state index in [4.69, 9.17) is 30.3 Å². The van der Waals surface area contributed by atoms with E-state index in [-0.39, 0.29) is 19.8 Å². The topological polar surface area (TPSA) is 118 Å². The predicted octanol–water partition coefficient (Wildman–Crippen LogP) is -1.58. The van der Waals surface area contributed by atoms with Crippen molar-refractivity contribution in [2.75, 3.05) is 19.8 Å². The Hall–Kier alpha value is -0.690. The highest BCUT2D eigenvalue weighted by Crippen LogP contribution is 1.68. The number of carbonyl (C=O) groups is 1. The quantitative estimate of drug-likeness (QED) is 0.365. The molecule has 1 unspecified atom stereocenters. The number of aliphatic carboxylic acids is 1. The average Bonchev–Trinajstić information content (AvgIpc) is 2.04. The van der Waals surface area contributed by atoms with Crippen molar-refractivity contribution in [3.05, 3.63) is 0 Å². The molecule has 0 rings (SSSR count). The number of hydrogen-bond donors (Lipinski definition) is 5. The minimum Gasteiger partial charge on any atom is -0.481 e. The lowest BCUT2D eigenvalue weighted by Crippen LogP contribution is -2.03. The van der Waals surface area contributed by atoms with Gasteiger partial charge < -0.3 is 25.5 Å². The van der Waals surface area contributed by atoms with Gasteiger partial charge in [0.05, 0.1) is 25.9 Å². The summed E-state index contributed by atoms with van der Waals surface area (Å²) in [6.07, 6.45) is -0.560. The van der Waals surface area contributed by atoms with Crippen molar-refractivity contribution in [3.8, 4) is 0 Å². The maximum Gasteiger partial charge on any atom is 0.300 e. The van der Waals surface area contributed by atoms with Crippen LogP contribution in [0.4, 0.5) is 0 Å². The van der Waals surface area contributed by atoms with Crippen LogP contribution in [0.1, 0.15) is 13.8 Å². The first-order valence-corrected chi connectivity index (χ1v) is 3.62. The van der Waals surface area contributed by atoms with Gasteiger partial charge in [-0.25, -0.2) is 0 Å². The van der Waals surface area contributed by atoms with Gasteiger partial charge in [-0.3, -0.25) is 4.79 Å². The molecular formula is C7H18O6. The maximum absolute atomic E-state index is 9.00. The molecule has 1 atom stereocenters. The molecule has 0 bridgehead atoms. The second-order valence-corrected chi connectivity index (χ2v) is 2.00. The average molecular weight is 198 g/mol. The molecule has 6 heteroatoms. The second kappa shape index (κ2) is 17.4. The first-order valence-electron chi connectivity index (χ1n) is 3.62. The highest BCUT2D eigenvalue weighted by Gasteiger charge is 1.83. The molecule has 0 saturated carbocycles. The summed E-state index contributed by atoms with van der Waals surface area (Å²) in [6, 6.07) is 0. The lowest BCUT2D eigenvalue weighted by atomic mass is 10.5. The van der Waals surface area contributed by atoms with Gasteiger partial charge in [0, 0.05) is 6.92 Å². The smallest absolute Gasteiger partial charge is 0.300 e. The molecule has 0 aliphatic carbocycles. The zero-order chi connectivity index (χ0) is 11.3. The van der Waals surface area contributed by atoms with Crippen molar-refractivity contribution in [3.63, 3.8) is 0 Å². The summed E-state index contributed by atoms with van der Waals surface area (Å²) < 4.78 is 0. The van der Waals surface area contributed by atoms with Gasteiger partial charge in [-0.2, -0.15) is 0 Å². The molecule has 0 saturated heterocycles.